The number of ether oxygens (including phenoxy) is 2. The number of aromatic nitrogens is 1. The van der Waals surface area contributed by atoms with E-state index in [1.54, 1.807) is 36.5 Å². The van der Waals surface area contributed by atoms with Crippen molar-refractivity contribution in [1.29, 1.82) is 0 Å². The first kappa shape index (κ1) is 20.2. The summed E-state index contributed by atoms with van der Waals surface area (Å²) in [5.41, 5.74) is 1.88. The van der Waals surface area contributed by atoms with Gasteiger partial charge in [-0.3, -0.25) is 4.79 Å². The fraction of sp³-hybridized carbons (Fsp3) is 0.125. The number of carbonyl (C=O) groups is 1. The molecule has 0 aliphatic heterocycles. The van der Waals surface area contributed by atoms with Crippen LogP contribution in [-0.4, -0.2) is 17.5 Å². The standard InChI is InChI=1S/C24H20N2O5/c27-22(16-29-20-8-6-19-7-9-24(28)31-21(19)13-20)26-14-18-10-11-25-23(12-18)30-15-17-4-2-1-3-5-17/h1-13H,14-16H2,(H,26,27). The van der Waals surface area contributed by atoms with Crippen molar-refractivity contribution >= 4 is 16.9 Å². The minimum Gasteiger partial charge on any atom is -0.484 e. The van der Waals surface area contributed by atoms with Crippen LogP contribution < -0.4 is 20.4 Å². The van der Waals surface area contributed by atoms with Gasteiger partial charge in [-0.25, -0.2) is 9.78 Å². The molecule has 31 heavy (non-hydrogen) atoms. The Morgan fingerprint density at radius 1 is 0.935 bits per heavy atom. The quantitative estimate of drug-likeness (QED) is 0.443. The molecular weight excluding hydrogens is 396 g/mol. The molecule has 0 aliphatic rings. The van der Waals surface area contributed by atoms with E-state index in [0.29, 0.717) is 30.4 Å². The maximum atomic E-state index is 12.1. The van der Waals surface area contributed by atoms with Crippen molar-refractivity contribution in [2.24, 2.45) is 0 Å². The molecule has 1 amide bonds. The van der Waals surface area contributed by atoms with Crippen molar-refractivity contribution in [1.82, 2.24) is 10.3 Å². The van der Waals surface area contributed by atoms with E-state index in [1.165, 1.54) is 6.07 Å². The van der Waals surface area contributed by atoms with Gasteiger partial charge < -0.3 is 19.2 Å². The SMILES string of the molecule is O=C(COc1ccc2ccc(=O)oc2c1)NCc1ccnc(OCc2ccccc2)c1. The number of fused-ring (bicyclic) bond motifs is 1. The second kappa shape index (κ2) is 9.58. The van der Waals surface area contributed by atoms with Gasteiger partial charge >= 0.3 is 5.63 Å². The predicted molar refractivity (Wildman–Crippen MR) is 115 cm³/mol. The van der Waals surface area contributed by atoms with Gasteiger partial charge in [-0.2, -0.15) is 0 Å². The van der Waals surface area contributed by atoms with Gasteiger partial charge in [0.1, 0.15) is 17.9 Å². The van der Waals surface area contributed by atoms with Crippen LogP contribution in [0.15, 0.2) is 88.2 Å². The molecule has 0 aliphatic carbocycles. The third-order valence-electron chi connectivity index (χ3n) is 4.48. The van der Waals surface area contributed by atoms with E-state index < -0.39 is 5.63 Å². The fourth-order valence-electron chi connectivity index (χ4n) is 2.90. The first-order valence-corrected chi connectivity index (χ1v) is 9.71. The number of pyridine rings is 1. The Labute approximate surface area is 178 Å². The molecule has 0 unspecified atom stereocenters. The number of carbonyl (C=O) groups excluding carboxylic acids is 1. The van der Waals surface area contributed by atoms with E-state index >= 15 is 0 Å². The number of amides is 1. The van der Waals surface area contributed by atoms with Gasteiger partial charge in [-0.1, -0.05) is 30.3 Å². The molecule has 1 N–H and O–H groups in total. The summed E-state index contributed by atoms with van der Waals surface area (Å²) >= 11 is 0. The van der Waals surface area contributed by atoms with Gasteiger partial charge in [0.25, 0.3) is 5.91 Å². The van der Waals surface area contributed by atoms with E-state index in [2.05, 4.69) is 10.3 Å². The third-order valence-corrected chi connectivity index (χ3v) is 4.48. The highest BCUT2D eigenvalue weighted by molar-refractivity contribution is 5.79. The summed E-state index contributed by atoms with van der Waals surface area (Å²) in [5, 5.41) is 3.57. The Morgan fingerprint density at radius 3 is 2.65 bits per heavy atom. The number of nitrogens with one attached hydrogen (secondary N) is 1. The minimum absolute atomic E-state index is 0.162. The number of nitrogens with zero attached hydrogens (tertiary/aromatic N) is 1. The molecule has 0 bridgehead atoms. The lowest BCUT2D eigenvalue weighted by Gasteiger charge is -2.09. The van der Waals surface area contributed by atoms with E-state index in [9.17, 15) is 9.59 Å². The van der Waals surface area contributed by atoms with Crippen LogP contribution in [0.1, 0.15) is 11.1 Å². The Balaban J connectivity index is 1.27. The lowest BCUT2D eigenvalue weighted by atomic mass is 10.2. The number of hydrogen-bond acceptors (Lipinski definition) is 6. The van der Waals surface area contributed by atoms with Crippen molar-refractivity contribution in [3.8, 4) is 11.6 Å². The summed E-state index contributed by atoms with van der Waals surface area (Å²) in [7, 11) is 0. The second-order valence-corrected chi connectivity index (χ2v) is 6.80. The molecule has 0 fully saturated rings. The molecule has 0 atom stereocenters. The average Bonchev–Trinajstić information content (AvgIpc) is 2.80. The highest BCUT2D eigenvalue weighted by atomic mass is 16.5. The van der Waals surface area contributed by atoms with E-state index in [4.69, 9.17) is 13.9 Å². The van der Waals surface area contributed by atoms with Gasteiger partial charge in [0, 0.05) is 36.3 Å². The summed E-state index contributed by atoms with van der Waals surface area (Å²) < 4.78 is 16.3. The summed E-state index contributed by atoms with van der Waals surface area (Å²) in [6, 6.07) is 21.5. The topological polar surface area (TPSA) is 90.7 Å². The van der Waals surface area contributed by atoms with Gasteiger partial charge in [-0.05, 0) is 35.4 Å². The van der Waals surface area contributed by atoms with Crippen molar-refractivity contribution in [2.45, 2.75) is 13.2 Å². The van der Waals surface area contributed by atoms with Crippen molar-refractivity contribution in [2.75, 3.05) is 6.61 Å². The zero-order chi connectivity index (χ0) is 21.5. The monoisotopic (exact) mass is 416 g/mol. The number of rotatable bonds is 8. The summed E-state index contributed by atoms with van der Waals surface area (Å²) in [6.07, 6.45) is 1.64. The molecule has 0 radical (unpaired) electrons. The van der Waals surface area contributed by atoms with Crippen molar-refractivity contribution in [3.63, 3.8) is 0 Å². The molecule has 0 spiro atoms. The summed E-state index contributed by atoms with van der Waals surface area (Å²) in [6.45, 7) is 0.577. The van der Waals surface area contributed by atoms with Crippen LogP contribution in [0.4, 0.5) is 0 Å². The van der Waals surface area contributed by atoms with Crippen LogP contribution in [0.5, 0.6) is 11.6 Å². The molecule has 4 rings (SSSR count). The molecule has 2 aromatic heterocycles. The van der Waals surface area contributed by atoms with Gasteiger partial charge in [-0.15, -0.1) is 0 Å². The highest BCUT2D eigenvalue weighted by Gasteiger charge is 2.06. The van der Waals surface area contributed by atoms with Crippen LogP contribution in [0.2, 0.25) is 0 Å². The van der Waals surface area contributed by atoms with Crippen LogP contribution in [-0.2, 0) is 17.9 Å². The van der Waals surface area contributed by atoms with Gasteiger partial charge in [0.2, 0.25) is 5.88 Å². The Hall–Kier alpha value is -4.13. The first-order valence-electron chi connectivity index (χ1n) is 9.71. The first-order chi connectivity index (χ1) is 15.2. The smallest absolute Gasteiger partial charge is 0.336 e. The molecule has 7 heteroatoms. The molecular formula is C24H20N2O5. The lowest BCUT2D eigenvalue weighted by molar-refractivity contribution is -0.123. The Morgan fingerprint density at radius 2 is 1.77 bits per heavy atom. The summed E-state index contributed by atoms with van der Waals surface area (Å²) in [5.74, 6) is 0.653. The van der Waals surface area contributed by atoms with E-state index in [1.807, 2.05) is 36.4 Å². The Kier molecular flexibility index (Phi) is 6.23. The average molecular weight is 416 g/mol. The molecule has 2 heterocycles. The lowest BCUT2D eigenvalue weighted by Crippen LogP contribution is -2.28. The normalized spacial score (nSPS) is 10.6. The largest absolute Gasteiger partial charge is 0.484 e. The maximum Gasteiger partial charge on any atom is 0.336 e. The van der Waals surface area contributed by atoms with Crippen LogP contribution in [0, 0.1) is 0 Å². The van der Waals surface area contributed by atoms with Crippen LogP contribution in [0.3, 0.4) is 0 Å². The molecule has 2 aromatic carbocycles. The van der Waals surface area contributed by atoms with E-state index in [-0.39, 0.29) is 12.5 Å². The zero-order valence-electron chi connectivity index (χ0n) is 16.6. The van der Waals surface area contributed by atoms with Crippen molar-refractivity contribution < 1.29 is 18.7 Å². The van der Waals surface area contributed by atoms with E-state index in [0.717, 1.165) is 16.5 Å². The molecule has 7 nitrogen and oxygen atoms in total. The Bertz CT molecular complexity index is 1240. The predicted octanol–water partition coefficient (Wildman–Crippen LogP) is 3.46. The third kappa shape index (κ3) is 5.70. The molecule has 0 saturated heterocycles. The van der Waals surface area contributed by atoms with Crippen molar-refractivity contribution in [3.05, 3.63) is 101 Å². The highest BCUT2D eigenvalue weighted by Crippen LogP contribution is 2.19. The van der Waals surface area contributed by atoms with Gasteiger partial charge in [0.15, 0.2) is 6.61 Å². The molecule has 4 aromatic rings. The molecule has 0 saturated carbocycles. The summed E-state index contributed by atoms with van der Waals surface area (Å²) in [4.78, 5) is 27.7. The van der Waals surface area contributed by atoms with Gasteiger partial charge in [0.05, 0.1) is 0 Å². The minimum atomic E-state index is -0.438. The fourth-order valence-corrected chi connectivity index (χ4v) is 2.90. The molecule has 156 valence electrons. The second-order valence-electron chi connectivity index (χ2n) is 6.80. The zero-order valence-corrected chi connectivity index (χ0v) is 16.6. The number of benzene rings is 2. The maximum absolute atomic E-state index is 12.1. The number of hydrogen-bond donors (Lipinski definition) is 1. The van der Waals surface area contributed by atoms with Crippen LogP contribution >= 0.6 is 0 Å². The van der Waals surface area contributed by atoms with Crippen LogP contribution in [0.25, 0.3) is 11.0 Å².